The van der Waals surface area contributed by atoms with Crippen molar-refractivity contribution in [3.8, 4) is 5.75 Å². The number of nitrogens with one attached hydrogen (secondary N) is 2. The number of amides is 2. The van der Waals surface area contributed by atoms with Gasteiger partial charge in [0.15, 0.2) is 0 Å². The van der Waals surface area contributed by atoms with Gasteiger partial charge in [0, 0.05) is 13.2 Å². The minimum absolute atomic E-state index is 0.0283. The summed E-state index contributed by atoms with van der Waals surface area (Å²) in [5.74, 6) is -1.67. The highest BCUT2D eigenvalue weighted by Gasteiger charge is 2.18. The smallest absolute Gasteiger partial charge is 0.329 e. The van der Waals surface area contributed by atoms with Gasteiger partial charge in [0.05, 0.1) is 17.3 Å². The molecule has 118 valence electrons. The monoisotopic (exact) mass is 325 g/mol. The van der Waals surface area contributed by atoms with E-state index >= 15 is 0 Å². The zero-order chi connectivity index (χ0) is 15.9. The molecule has 0 aromatic heterocycles. The molecule has 0 bridgehead atoms. The molecule has 1 aromatic carbocycles. The first-order chi connectivity index (χ1) is 10.6. The summed E-state index contributed by atoms with van der Waals surface area (Å²) in [4.78, 5) is 23.0. The van der Waals surface area contributed by atoms with Crippen LogP contribution in [0.1, 0.15) is 18.4 Å². The summed E-state index contributed by atoms with van der Waals surface area (Å²) in [6, 6.07) is 4.44. The van der Waals surface area contributed by atoms with Crippen molar-refractivity contribution in [2.45, 2.75) is 18.9 Å². The van der Waals surface area contributed by atoms with Gasteiger partial charge in [-0.2, -0.15) is 5.10 Å². The first-order valence-electron chi connectivity index (χ1n) is 6.77. The number of hydrazone groups is 1. The van der Waals surface area contributed by atoms with Crippen molar-refractivity contribution in [3.05, 3.63) is 28.8 Å². The lowest BCUT2D eigenvalue weighted by Gasteiger charge is -2.09. The average molecular weight is 326 g/mol. The summed E-state index contributed by atoms with van der Waals surface area (Å²) >= 11 is 5.73. The van der Waals surface area contributed by atoms with Gasteiger partial charge in [-0.25, -0.2) is 5.43 Å². The van der Waals surface area contributed by atoms with Gasteiger partial charge in [-0.15, -0.1) is 0 Å². The lowest BCUT2D eigenvalue weighted by molar-refractivity contribution is -0.139. The predicted octanol–water partition coefficient (Wildman–Crippen LogP) is 0.791. The van der Waals surface area contributed by atoms with Crippen molar-refractivity contribution < 1.29 is 19.4 Å². The van der Waals surface area contributed by atoms with Gasteiger partial charge in [-0.05, 0) is 36.6 Å². The van der Waals surface area contributed by atoms with Crippen LogP contribution in [0.15, 0.2) is 23.3 Å². The van der Waals surface area contributed by atoms with Crippen LogP contribution in [-0.2, 0) is 14.3 Å². The number of halogens is 1. The molecule has 0 saturated carbocycles. The highest BCUT2D eigenvalue weighted by atomic mass is 35.5. The summed E-state index contributed by atoms with van der Waals surface area (Å²) < 4.78 is 5.33. The second kappa shape index (κ2) is 7.77. The van der Waals surface area contributed by atoms with Gasteiger partial charge in [0.2, 0.25) is 0 Å². The maximum atomic E-state index is 11.5. The molecule has 22 heavy (non-hydrogen) atoms. The molecule has 1 aromatic rings. The van der Waals surface area contributed by atoms with E-state index in [1.165, 1.54) is 18.3 Å². The standard InChI is InChI=1S/C14H16ClN3O4/c15-11-6-9(3-4-12(11)19)7-17-18-14(21)13(20)16-8-10-2-1-5-22-10/h3-4,6-7,10,19H,1-2,5,8H2,(H,16,20)(H,18,21)/b17-7+/t10-/m0/s1. The number of carbonyl (C=O) groups excluding carboxylic acids is 2. The third kappa shape index (κ3) is 4.71. The van der Waals surface area contributed by atoms with Gasteiger partial charge >= 0.3 is 11.8 Å². The number of ether oxygens (including phenoxy) is 1. The number of benzene rings is 1. The number of hydrogen-bond acceptors (Lipinski definition) is 5. The molecule has 2 amide bonds. The fraction of sp³-hybridized carbons (Fsp3) is 0.357. The molecular weight excluding hydrogens is 310 g/mol. The molecule has 1 aliphatic heterocycles. The quantitative estimate of drug-likeness (QED) is 0.433. The third-order valence-electron chi connectivity index (χ3n) is 3.07. The van der Waals surface area contributed by atoms with Crippen molar-refractivity contribution in [1.29, 1.82) is 0 Å². The number of phenols is 1. The van der Waals surface area contributed by atoms with Crippen LogP contribution in [0.3, 0.4) is 0 Å². The number of nitrogens with zero attached hydrogens (tertiary/aromatic N) is 1. The Morgan fingerprint density at radius 3 is 2.95 bits per heavy atom. The largest absolute Gasteiger partial charge is 0.506 e. The van der Waals surface area contributed by atoms with E-state index in [0.717, 1.165) is 12.8 Å². The number of carbonyl (C=O) groups is 2. The van der Waals surface area contributed by atoms with Gasteiger partial charge in [-0.3, -0.25) is 9.59 Å². The van der Waals surface area contributed by atoms with E-state index in [4.69, 9.17) is 16.3 Å². The van der Waals surface area contributed by atoms with E-state index < -0.39 is 11.8 Å². The summed E-state index contributed by atoms with van der Waals surface area (Å²) in [6.45, 7) is 0.996. The third-order valence-corrected chi connectivity index (χ3v) is 3.37. The Hall–Kier alpha value is -2.12. The summed E-state index contributed by atoms with van der Waals surface area (Å²) in [7, 11) is 0. The Morgan fingerprint density at radius 1 is 1.45 bits per heavy atom. The fourth-order valence-corrected chi connectivity index (χ4v) is 2.10. The normalized spacial score (nSPS) is 17.6. The molecular formula is C14H16ClN3O4. The first-order valence-corrected chi connectivity index (χ1v) is 7.15. The van der Waals surface area contributed by atoms with Gasteiger partial charge in [0.25, 0.3) is 0 Å². The molecule has 1 atom stereocenters. The Bertz CT molecular complexity index is 585. The molecule has 1 saturated heterocycles. The van der Waals surface area contributed by atoms with Crippen LogP contribution < -0.4 is 10.7 Å². The molecule has 0 aliphatic carbocycles. The number of aromatic hydroxyl groups is 1. The molecule has 0 spiro atoms. The molecule has 1 heterocycles. The Labute approximate surface area is 132 Å². The van der Waals surface area contributed by atoms with Crippen molar-refractivity contribution in [3.63, 3.8) is 0 Å². The van der Waals surface area contributed by atoms with Crippen molar-refractivity contribution in [2.24, 2.45) is 5.10 Å². The van der Waals surface area contributed by atoms with E-state index in [2.05, 4.69) is 15.8 Å². The zero-order valence-corrected chi connectivity index (χ0v) is 12.5. The fourth-order valence-electron chi connectivity index (χ4n) is 1.91. The Kier molecular flexibility index (Phi) is 5.74. The highest BCUT2D eigenvalue weighted by Crippen LogP contribution is 2.22. The molecule has 8 heteroatoms. The molecule has 1 aliphatic rings. The minimum Gasteiger partial charge on any atom is -0.506 e. The lowest BCUT2D eigenvalue weighted by Crippen LogP contribution is -2.41. The molecule has 3 N–H and O–H groups in total. The Morgan fingerprint density at radius 2 is 2.27 bits per heavy atom. The van der Waals surface area contributed by atoms with Crippen LogP contribution >= 0.6 is 11.6 Å². The molecule has 7 nitrogen and oxygen atoms in total. The summed E-state index contributed by atoms with van der Waals surface area (Å²) in [6.07, 6.45) is 3.13. The van der Waals surface area contributed by atoms with Crippen LogP contribution in [0.4, 0.5) is 0 Å². The van der Waals surface area contributed by atoms with Crippen molar-refractivity contribution >= 4 is 29.6 Å². The maximum Gasteiger partial charge on any atom is 0.329 e. The van der Waals surface area contributed by atoms with E-state index in [0.29, 0.717) is 18.7 Å². The second-order valence-electron chi connectivity index (χ2n) is 4.76. The molecule has 0 radical (unpaired) electrons. The van der Waals surface area contributed by atoms with E-state index in [-0.39, 0.29) is 16.9 Å². The highest BCUT2D eigenvalue weighted by molar-refractivity contribution is 6.35. The van der Waals surface area contributed by atoms with E-state index in [9.17, 15) is 14.7 Å². The van der Waals surface area contributed by atoms with Gasteiger partial charge < -0.3 is 15.2 Å². The van der Waals surface area contributed by atoms with E-state index in [1.54, 1.807) is 6.07 Å². The SMILES string of the molecule is O=C(NC[C@@H]1CCCO1)C(=O)N/N=C/c1ccc(O)c(Cl)c1. The first kappa shape index (κ1) is 16.3. The molecule has 2 rings (SSSR count). The zero-order valence-electron chi connectivity index (χ0n) is 11.7. The van der Waals surface area contributed by atoms with Crippen LogP contribution in [0.25, 0.3) is 0 Å². The Balaban J connectivity index is 1.77. The second-order valence-corrected chi connectivity index (χ2v) is 5.16. The van der Waals surface area contributed by atoms with Crippen molar-refractivity contribution in [1.82, 2.24) is 10.7 Å². The topological polar surface area (TPSA) is 100 Å². The molecule has 1 fully saturated rings. The summed E-state index contributed by atoms with van der Waals surface area (Å²) in [5, 5.41) is 15.6. The van der Waals surface area contributed by atoms with Crippen LogP contribution in [0.5, 0.6) is 5.75 Å². The maximum absolute atomic E-state index is 11.5. The summed E-state index contributed by atoms with van der Waals surface area (Å²) in [5.41, 5.74) is 2.68. The number of phenolic OH excluding ortho intramolecular Hbond substituents is 1. The van der Waals surface area contributed by atoms with E-state index in [1.807, 2.05) is 0 Å². The van der Waals surface area contributed by atoms with Crippen LogP contribution in [-0.4, -0.2) is 42.4 Å². The molecule has 0 unspecified atom stereocenters. The van der Waals surface area contributed by atoms with Gasteiger partial charge in [-0.1, -0.05) is 11.6 Å². The number of hydrogen-bond donors (Lipinski definition) is 3. The average Bonchev–Trinajstić information content (AvgIpc) is 3.01. The lowest BCUT2D eigenvalue weighted by atomic mass is 10.2. The van der Waals surface area contributed by atoms with Gasteiger partial charge in [0.1, 0.15) is 5.75 Å². The minimum atomic E-state index is -0.862. The predicted molar refractivity (Wildman–Crippen MR) is 80.8 cm³/mol. The van der Waals surface area contributed by atoms with Crippen LogP contribution in [0.2, 0.25) is 5.02 Å². The number of rotatable bonds is 4. The van der Waals surface area contributed by atoms with Crippen LogP contribution in [0, 0.1) is 0 Å². The van der Waals surface area contributed by atoms with Crippen molar-refractivity contribution in [2.75, 3.05) is 13.2 Å².